The number of nitrogens with zero attached hydrogens (tertiary/aromatic N) is 2. The van der Waals surface area contributed by atoms with Crippen LogP contribution in [0.2, 0.25) is 0 Å². The van der Waals surface area contributed by atoms with Crippen molar-refractivity contribution in [2.75, 3.05) is 6.54 Å². The van der Waals surface area contributed by atoms with E-state index >= 15 is 0 Å². The Balaban J connectivity index is 1.91. The SMILES string of the molecule is CCn1c(=O)c(C)nc2cc(C(=O)N[C@@H]3CCCCNC3=O)ccc21. The molecule has 2 heterocycles. The molecule has 2 N–H and O–H groups in total. The second kappa shape index (κ2) is 7.04. The summed E-state index contributed by atoms with van der Waals surface area (Å²) < 4.78 is 1.64. The molecule has 25 heavy (non-hydrogen) atoms. The average molecular weight is 342 g/mol. The van der Waals surface area contributed by atoms with Gasteiger partial charge in [0.05, 0.1) is 11.0 Å². The maximum absolute atomic E-state index is 12.5. The number of fused-ring (bicyclic) bond motifs is 1. The molecule has 1 aliphatic rings. The maximum Gasteiger partial charge on any atom is 0.272 e. The summed E-state index contributed by atoms with van der Waals surface area (Å²) in [5, 5.41) is 5.60. The predicted molar refractivity (Wildman–Crippen MR) is 94.5 cm³/mol. The molecule has 1 atom stereocenters. The highest BCUT2D eigenvalue weighted by atomic mass is 16.2. The molecule has 7 nitrogen and oxygen atoms in total. The quantitative estimate of drug-likeness (QED) is 0.874. The second-order valence-corrected chi connectivity index (χ2v) is 6.26. The number of hydrogen-bond acceptors (Lipinski definition) is 4. The largest absolute Gasteiger partial charge is 0.354 e. The van der Waals surface area contributed by atoms with Crippen LogP contribution < -0.4 is 16.2 Å². The van der Waals surface area contributed by atoms with Crippen LogP contribution in [0.3, 0.4) is 0 Å². The number of nitrogens with one attached hydrogen (secondary N) is 2. The van der Waals surface area contributed by atoms with Crippen LogP contribution in [-0.4, -0.2) is 34.0 Å². The van der Waals surface area contributed by atoms with Crippen LogP contribution in [0.4, 0.5) is 0 Å². The Hall–Kier alpha value is -2.70. The van der Waals surface area contributed by atoms with Crippen LogP contribution in [0.5, 0.6) is 0 Å². The van der Waals surface area contributed by atoms with Gasteiger partial charge in [0.25, 0.3) is 11.5 Å². The molecule has 0 saturated carbocycles. The summed E-state index contributed by atoms with van der Waals surface area (Å²) in [6.07, 6.45) is 2.45. The molecule has 3 rings (SSSR count). The zero-order chi connectivity index (χ0) is 18.0. The fourth-order valence-electron chi connectivity index (χ4n) is 3.15. The summed E-state index contributed by atoms with van der Waals surface area (Å²) in [4.78, 5) is 41.0. The van der Waals surface area contributed by atoms with Gasteiger partial charge in [-0.1, -0.05) is 0 Å². The number of carbonyl (C=O) groups is 2. The number of hydrogen-bond donors (Lipinski definition) is 2. The summed E-state index contributed by atoms with van der Waals surface area (Å²) in [6, 6.07) is 4.55. The molecule has 0 bridgehead atoms. The number of carbonyl (C=O) groups excluding carboxylic acids is 2. The van der Waals surface area contributed by atoms with E-state index in [2.05, 4.69) is 15.6 Å². The molecule has 2 amide bonds. The van der Waals surface area contributed by atoms with Gasteiger partial charge in [-0.3, -0.25) is 14.4 Å². The first-order chi connectivity index (χ1) is 12.0. The summed E-state index contributed by atoms with van der Waals surface area (Å²) >= 11 is 0. The summed E-state index contributed by atoms with van der Waals surface area (Å²) in [7, 11) is 0. The molecule has 1 aliphatic heterocycles. The van der Waals surface area contributed by atoms with E-state index in [9.17, 15) is 14.4 Å². The topological polar surface area (TPSA) is 93.1 Å². The van der Waals surface area contributed by atoms with Crippen molar-refractivity contribution >= 4 is 22.8 Å². The molecule has 1 saturated heterocycles. The zero-order valence-electron chi connectivity index (χ0n) is 14.5. The van der Waals surface area contributed by atoms with Crippen LogP contribution in [-0.2, 0) is 11.3 Å². The molecule has 1 fully saturated rings. The lowest BCUT2D eigenvalue weighted by atomic mass is 10.1. The maximum atomic E-state index is 12.5. The van der Waals surface area contributed by atoms with Crippen molar-refractivity contribution in [2.45, 2.75) is 45.7 Å². The Labute approximate surface area is 145 Å². The minimum absolute atomic E-state index is 0.123. The highest BCUT2D eigenvalue weighted by molar-refractivity contribution is 5.99. The van der Waals surface area contributed by atoms with E-state index in [-0.39, 0.29) is 17.4 Å². The van der Waals surface area contributed by atoms with Gasteiger partial charge in [-0.15, -0.1) is 0 Å². The van der Waals surface area contributed by atoms with Gasteiger partial charge in [-0.2, -0.15) is 0 Å². The van der Waals surface area contributed by atoms with E-state index in [1.54, 1.807) is 29.7 Å². The third kappa shape index (κ3) is 3.40. The van der Waals surface area contributed by atoms with Gasteiger partial charge in [-0.25, -0.2) is 4.98 Å². The lowest BCUT2D eigenvalue weighted by Gasteiger charge is -2.15. The predicted octanol–water partition coefficient (Wildman–Crippen LogP) is 1.12. The third-order valence-corrected chi connectivity index (χ3v) is 4.53. The average Bonchev–Trinajstić information content (AvgIpc) is 2.80. The monoisotopic (exact) mass is 342 g/mol. The van der Waals surface area contributed by atoms with Gasteiger partial charge in [-0.05, 0) is 51.3 Å². The fourth-order valence-corrected chi connectivity index (χ4v) is 3.15. The Kier molecular flexibility index (Phi) is 4.83. The van der Waals surface area contributed by atoms with E-state index in [0.717, 1.165) is 12.8 Å². The van der Waals surface area contributed by atoms with Crippen molar-refractivity contribution in [2.24, 2.45) is 0 Å². The summed E-state index contributed by atoms with van der Waals surface area (Å²) in [5.41, 5.74) is 1.99. The number of benzene rings is 1. The number of aryl methyl sites for hydroxylation is 2. The molecule has 0 aliphatic carbocycles. The Morgan fingerprint density at radius 2 is 2.16 bits per heavy atom. The molecule has 0 spiro atoms. The van der Waals surface area contributed by atoms with Gasteiger partial charge in [0.15, 0.2) is 0 Å². The van der Waals surface area contributed by atoms with Crippen molar-refractivity contribution in [1.29, 1.82) is 0 Å². The third-order valence-electron chi connectivity index (χ3n) is 4.53. The first kappa shape index (κ1) is 17.1. The number of amides is 2. The normalized spacial score (nSPS) is 17.8. The molecular formula is C18H22N4O3. The molecular weight excluding hydrogens is 320 g/mol. The lowest BCUT2D eigenvalue weighted by Crippen LogP contribution is -2.45. The van der Waals surface area contributed by atoms with Crippen molar-refractivity contribution in [1.82, 2.24) is 20.2 Å². The van der Waals surface area contributed by atoms with Crippen molar-refractivity contribution in [3.63, 3.8) is 0 Å². The zero-order valence-corrected chi connectivity index (χ0v) is 14.5. The standard InChI is InChI=1S/C18H22N4O3/c1-3-22-15-8-7-12(10-14(15)20-11(2)18(22)25)16(23)21-13-6-4-5-9-19-17(13)24/h7-8,10,13H,3-6,9H2,1-2H3,(H,19,24)(H,21,23)/t13-/m1/s1. The number of aromatic nitrogens is 2. The van der Waals surface area contributed by atoms with Gasteiger partial charge in [0, 0.05) is 18.7 Å². The van der Waals surface area contributed by atoms with E-state index in [1.807, 2.05) is 6.92 Å². The van der Waals surface area contributed by atoms with Crippen molar-refractivity contribution in [3.8, 4) is 0 Å². The molecule has 2 aromatic rings. The van der Waals surface area contributed by atoms with Crippen LogP contribution in [0.15, 0.2) is 23.0 Å². The first-order valence-corrected chi connectivity index (χ1v) is 8.61. The summed E-state index contributed by atoms with van der Waals surface area (Å²) in [5.74, 6) is -0.446. The van der Waals surface area contributed by atoms with Crippen LogP contribution >= 0.6 is 0 Å². The van der Waals surface area contributed by atoms with Crippen molar-refractivity contribution in [3.05, 3.63) is 39.8 Å². The van der Waals surface area contributed by atoms with Crippen LogP contribution in [0.25, 0.3) is 11.0 Å². The molecule has 132 valence electrons. The fraction of sp³-hybridized carbons (Fsp3) is 0.444. The molecule has 1 aromatic heterocycles. The van der Waals surface area contributed by atoms with Gasteiger partial charge >= 0.3 is 0 Å². The minimum atomic E-state index is -0.509. The van der Waals surface area contributed by atoms with E-state index < -0.39 is 6.04 Å². The Bertz CT molecular complexity index is 888. The van der Waals surface area contributed by atoms with Crippen LogP contribution in [0, 0.1) is 6.92 Å². The molecule has 1 aromatic carbocycles. The minimum Gasteiger partial charge on any atom is -0.354 e. The smallest absolute Gasteiger partial charge is 0.272 e. The van der Waals surface area contributed by atoms with Crippen molar-refractivity contribution < 1.29 is 9.59 Å². The highest BCUT2D eigenvalue weighted by Gasteiger charge is 2.23. The van der Waals surface area contributed by atoms with Crippen LogP contribution in [0.1, 0.15) is 42.2 Å². The van der Waals surface area contributed by atoms with E-state index in [1.165, 1.54) is 0 Å². The Morgan fingerprint density at radius 1 is 1.36 bits per heavy atom. The first-order valence-electron chi connectivity index (χ1n) is 8.61. The van der Waals surface area contributed by atoms with E-state index in [0.29, 0.717) is 41.8 Å². The molecule has 7 heteroatoms. The molecule has 0 radical (unpaired) electrons. The van der Waals surface area contributed by atoms with E-state index in [4.69, 9.17) is 0 Å². The van der Waals surface area contributed by atoms with Gasteiger partial charge < -0.3 is 15.2 Å². The Morgan fingerprint density at radius 3 is 2.92 bits per heavy atom. The van der Waals surface area contributed by atoms with Gasteiger partial charge in [0.2, 0.25) is 5.91 Å². The lowest BCUT2D eigenvalue weighted by molar-refractivity contribution is -0.122. The highest BCUT2D eigenvalue weighted by Crippen LogP contribution is 2.14. The number of rotatable bonds is 3. The molecule has 0 unspecified atom stereocenters. The van der Waals surface area contributed by atoms with Gasteiger partial charge in [0.1, 0.15) is 11.7 Å². The second-order valence-electron chi connectivity index (χ2n) is 6.26. The summed E-state index contributed by atoms with van der Waals surface area (Å²) in [6.45, 7) is 4.74.